The molecule has 2 atom stereocenters. The van der Waals surface area contributed by atoms with E-state index in [1.54, 1.807) is 13.8 Å². The molecular weight excluding hydrogens is 336 g/mol. The highest BCUT2D eigenvalue weighted by Gasteiger charge is 2.40. The van der Waals surface area contributed by atoms with Crippen molar-refractivity contribution in [2.24, 2.45) is 5.92 Å². The molecule has 1 aliphatic rings. The number of rotatable bonds is 5. The zero-order valence-corrected chi connectivity index (χ0v) is 14.3. The van der Waals surface area contributed by atoms with E-state index >= 15 is 0 Å². The highest BCUT2D eigenvalue weighted by molar-refractivity contribution is 7.89. The Hall–Kier alpha value is -2.00. The van der Waals surface area contributed by atoms with Crippen LogP contribution in [0.5, 0.6) is 0 Å². The van der Waals surface area contributed by atoms with Crippen LogP contribution in [0.4, 0.5) is 5.69 Å². The van der Waals surface area contributed by atoms with Crippen molar-refractivity contribution in [3.63, 3.8) is 0 Å². The van der Waals surface area contributed by atoms with Crippen LogP contribution < -0.4 is 0 Å². The number of carboxylic acids is 1. The minimum atomic E-state index is -4.01. The van der Waals surface area contributed by atoms with E-state index in [2.05, 4.69) is 0 Å². The van der Waals surface area contributed by atoms with E-state index in [0.29, 0.717) is 24.8 Å². The Morgan fingerprint density at radius 3 is 2.67 bits per heavy atom. The third-order valence-electron chi connectivity index (χ3n) is 4.48. The zero-order chi connectivity index (χ0) is 18.1. The van der Waals surface area contributed by atoms with Gasteiger partial charge in [-0.25, -0.2) is 8.42 Å². The van der Waals surface area contributed by atoms with E-state index in [1.165, 1.54) is 12.1 Å². The number of non-ortho nitro benzene ring substituents is 1. The SMILES string of the molecule is CCc1ccc([N+](=O)[O-])cc1S(=O)(=O)N1CCC[C@H](C(=O)O)[C@@H]1C. The first-order valence-electron chi connectivity index (χ1n) is 7.72. The van der Waals surface area contributed by atoms with Crippen molar-refractivity contribution in [2.75, 3.05) is 6.54 Å². The van der Waals surface area contributed by atoms with Crippen molar-refractivity contribution in [3.8, 4) is 0 Å². The average Bonchev–Trinajstić information content (AvgIpc) is 2.53. The van der Waals surface area contributed by atoms with Gasteiger partial charge in [-0.2, -0.15) is 4.31 Å². The Morgan fingerprint density at radius 2 is 2.12 bits per heavy atom. The Kier molecular flexibility index (Phi) is 5.24. The van der Waals surface area contributed by atoms with Gasteiger partial charge in [0, 0.05) is 24.7 Å². The summed E-state index contributed by atoms with van der Waals surface area (Å²) in [5.41, 5.74) is 0.176. The summed E-state index contributed by atoms with van der Waals surface area (Å²) in [6.45, 7) is 3.54. The van der Waals surface area contributed by atoms with Gasteiger partial charge in [-0.15, -0.1) is 0 Å². The van der Waals surface area contributed by atoms with E-state index in [0.717, 1.165) is 10.4 Å². The Balaban J connectivity index is 2.51. The molecular formula is C15H20N2O6S. The number of aryl methyl sites for hydroxylation is 1. The molecule has 132 valence electrons. The molecule has 0 unspecified atom stereocenters. The van der Waals surface area contributed by atoms with Crippen LogP contribution >= 0.6 is 0 Å². The van der Waals surface area contributed by atoms with Crippen molar-refractivity contribution >= 4 is 21.7 Å². The van der Waals surface area contributed by atoms with Gasteiger partial charge in [-0.05, 0) is 31.7 Å². The normalized spacial score (nSPS) is 22.2. The molecule has 0 radical (unpaired) electrons. The van der Waals surface area contributed by atoms with Gasteiger partial charge in [0.05, 0.1) is 15.7 Å². The number of aliphatic carboxylic acids is 1. The fourth-order valence-electron chi connectivity index (χ4n) is 3.10. The molecule has 0 aliphatic carbocycles. The standard InChI is InChI=1S/C15H20N2O6S/c1-3-11-6-7-12(17(20)21)9-14(11)24(22,23)16-8-4-5-13(10(16)2)15(18)19/h6-7,9-10,13H,3-5,8H2,1-2H3,(H,18,19)/t10-,13-/m0/s1. The number of benzene rings is 1. The lowest BCUT2D eigenvalue weighted by Gasteiger charge is -2.36. The fraction of sp³-hybridized carbons (Fsp3) is 0.533. The number of hydrogen-bond acceptors (Lipinski definition) is 5. The molecule has 8 nitrogen and oxygen atoms in total. The van der Waals surface area contributed by atoms with Crippen molar-refractivity contribution in [1.82, 2.24) is 4.31 Å². The maximum absolute atomic E-state index is 13.0. The summed E-state index contributed by atoms with van der Waals surface area (Å²) in [5.74, 6) is -1.81. The molecule has 24 heavy (non-hydrogen) atoms. The third kappa shape index (κ3) is 3.27. The van der Waals surface area contributed by atoms with Gasteiger partial charge < -0.3 is 5.11 Å². The first-order chi connectivity index (χ1) is 11.2. The zero-order valence-electron chi connectivity index (χ0n) is 13.5. The number of sulfonamides is 1. The summed E-state index contributed by atoms with van der Waals surface area (Å²) in [6.07, 6.45) is 1.26. The molecule has 0 amide bonds. The third-order valence-corrected chi connectivity index (χ3v) is 6.54. The van der Waals surface area contributed by atoms with Crippen LogP contribution in [0.2, 0.25) is 0 Å². The largest absolute Gasteiger partial charge is 0.481 e. The average molecular weight is 356 g/mol. The number of nitro groups is 1. The Labute approximate surface area is 140 Å². The number of nitrogens with zero attached hydrogens (tertiary/aromatic N) is 2. The lowest BCUT2D eigenvalue weighted by atomic mass is 9.92. The van der Waals surface area contributed by atoms with Crippen molar-refractivity contribution in [3.05, 3.63) is 33.9 Å². The maximum Gasteiger partial charge on any atom is 0.308 e. The first-order valence-corrected chi connectivity index (χ1v) is 9.16. The van der Waals surface area contributed by atoms with Crippen LogP contribution in [0.1, 0.15) is 32.3 Å². The molecule has 1 N–H and O–H groups in total. The van der Waals surface area contributed by atoms with E-state index in [1.807, 2.05) is 0 Å². The molecule has 1 heterocycles. The summed E-state index contributed by atoms with van der Waals surface area (Å²) < 4.78 is 27.2. The lowest BCUT2D eigenvalue weighted by Crippen LogP contribution is -2.49. The molecule has 1 saturated heterocycles. The second kappa shape index (κ2) is 6.86. The van der Waals surface area contributed by atoms with Crippen molar-refractivity contribution < 1.29 is 23.2 Å². The Morgan fingerprint density at radius 1 is 1.46 bits per heavy atom. The summed E-state index contributed by atoms with van der Waals surface area (Å²) in [5, 5.41) is 20.3. The minimum absolute atomic E-state index is 0.114. The van der Waals surface area contributed by atoms with Crippen molar-refractivity contribution in [2.45, 2.75) is 44.0 Å². The molecule has 1 aliphatic heterocycles. The Bertz CT molecular complexity index is 761. The number of carbonyl (C=O) groups is 1. The van der Waals surface area contributed by atoms with Gasteiger partial charge in [0.15, 0.2) is 0 Å². The smallest absolute Gasteiger partial charge is 0.308 e. The van der Waals surface area contributed by atoms with E-state index < -0.39 is 32.9 Å². The van der Waals surface area contributed by atoms with Gasteiger partial charge in [0.1, 0.15) is 0 Å². The van der Waals surface area contributed by atoms with Crippen molar-refractivity contribution in [1.29, 1.82) is 0 Å². The number of piperidine rings is 1. The van der Waals surface area contributed by atoms with Crippen LogP contribution in [0.3, 0.4) is 0 Å². The summed E-state index contributed by atoms with van der Waals surface area (Å²) in [4.78, 5) is 21.6. The predicted octanol–water partition coefficient (Wildman–Crippen LogP) is 2.03. The summed E-state index contributed by atoms with van der Waals surface area (Å²) in [6, 6.07) is 3.07. The number of nitro benzene ring substituents is 1. The maximum atomic E-state index is 13.0. The molecule has 0 aromatic heterocycles. The number of hydrogen-bond donors (Lipinski definition) is 1. The fourth-order valence-corrected chi connectivity index (χ4v) is 5.12. The highest BCUT2D eigenvalue weighted by Crippen LogP contribution is 2.32. The van der Waals surface area contributed by atoms with Crippen LogP contribution in [-0.2, 0) is 21.2 Å². The minimum Gasteiger partial charge on any atom is -0.481 e. The van der Waals surface area contributed by atoms with Gasteiger partial charge in [0.25, 0.3) is 5.69 Å². The summed E-state index contributed by atoms with van der Waals surface area (Å²) in [7, 11) is -4.01. The van der Waals surface area contributed by atoms with E-state index in [9.17, 15) is 28.4 Å². The van der Waals surface area contributed by atoms with Crippen LogP contribution in [0.15, 0.2) is 23.1 Å². The molecule has 0 saturated carbocycles. The second-order valence-corrected chi connectivity index (χ2v) is 7.70. The monoisotopic (exact) mass is 356 g/mol. The topological polar surface area (TPSA) is 118 Å². The van der Waals surface area contributed by atoms with E-state index in [4.69, 9.17) is 0 Å². The van der Waals surface area contributed by atoms with Gasteiger partial charge in [-0.3, -0.25) is 14.9 Å². The molecule has 1 fully saturated rings. The lowest BCUT2D eigenvalue weighted by molar-refractivity contribution is -0.385. The molecule has 9 heteroatoms. The van der Waals surface area contributed by atoms with Crippen LogP contribution in [0.25, 0.3) is 0 Å². The van der Waals surface area contributed by atoms with E-state index in [-0.39, 0.29) is 17.1 Å². The van der Waals surface area contributed by atoms with Crippen LogP contribution in [0, 0.1) is 16.0 Å². The molecule has 1 aromatic carbocycles. The molecule has 0 spiro atoms. The predicted molar refractivity (Wildman–Crippen MR) is 86.2 cm³/mol. The summed E-state index contributed by atoms with van der Waals surface area (Å²) >= 11 is 0. The second-order valence-electron chi connectivity index (χ2n) is 5.85. The quantitative estimate of drug-likeness (QED) is 0.637. The molecule has 2 rings (SSSR count). The van der Waals surface area contributed by atoms with Gasteiger partial charge in [-0.1, -0.05) is 13.0 Å². The first kappa shape index (κ1) is 18.3. The number of carboxylic acid groups (broad SMARTS) is 1. The molecule has 0 bridgehead atoms. The van der Waals surface area contributed by atoms with Crippen LogP contribution in [-0.4, -0.2) is 41.3 Å². The van der Waals surface area contributed by atoms with Gasteiger partial charge >= 0.3 is 5.97 Å². The molecule has 1 aromatic rings. The van der Waals surface area contributed by atoms with Gasteiger partial charge in [0.2, 0.25) is 10.0 Å². The highest BCUT2D eigenvalue weighted by atomic mass is 32.2.